The van der Waals surface area contributed by atoms with Gasteiger partial charge in [-0.2, -0.15) is 0 Å². The van der Waals surface area contributed by atoms with Crippen molar-refractivity contribution in [3.63, 3.8) is 0 Å². The molecule has 0 atom stereocenters. The first-order valence-corrected chi connectivity index (χ1v) is 6.73. The Labute approximate surface area is 115 Å². The fraction of sp³-hybridized carbons (Fsp3) is 0.100. The highest BCUT2D eigenvalue weighted by molar-refractivity contribution is 14.1. The number of anilines is 1. The molecule has 0 saturated carbocycles. The fourth-order valence-corrected chi connectivity index (χ4v) is 3.74. The molecule has 3 heterocycles. The molecule has 0 saturated heterocycles. The van der Waals surface area contributed by atoms with Crippen molar-refractivity contribution in [1.29, 1.82) is 0 Å². The Kier molecular flexibility index (Phi) is 2.51. The summed E-state index contributed by atoms with van der Waals surface area (Å²) in [6.07, 6.45) is 3.29. The zero-order valence-corrected chi connectivity index (χ0v) is 11.9. The number of nitrogen functional groups attached to an aromatic ring is 1. The van der Waals surface area contributed by atoms with Crippen molar-refractivity contribution in [1.82, 2.24) is 19.5 Å². The molecule has 86 valence electrons. The van der Waals surface area contributed by atoms with Crippen LogP contribution in [0.25, 0.3) is 20.8 Å². The number of fused-ring (bicyclic) bond motifs is 1. The number of rotatable bonds is 1. The SMILES string of the molecule is Cn1cnc(I)c1-c1cc2c(N)ncnc2s1. The second-order valence-corrected chi connectivity index (χ2v) is 5.64. The van der Waals surface area contributed by atoms with E-state index in [0.29, 0.717) is 5.82 Å². The van der Waals surface area contributed by atoms with E-state index in [1.807, 2.05) is 17.7 Å². The van der Waals surface area contributed by atoms with Gasteiger partial charge in [-0.15, -0.1) is 11.3 Å². The Morgan fingerprint density at radius 1 is 1.35 bits per heavy atom. The molecule has 0 aliphatic rings. The largest absolute Gasteiger partial charge is 0.383 e. The second kappa shape index (κ2) is 3.91. The van der Waals surface area contributed by atoms with Gasteiger partial charge >= 0.3 is 0 Å². The van der Waals surface area contributed by atoms with Crippen LogP contribution < -0.4 is 5.73 Å². The van der Waals surface area contributed by atoms with E-state index in [1.54, 1.807) is 17.7 Å². The van der Waals surface area contributed by atoms with E-state index >= 15 is 0 Å². The van der Waals surface area contributed by atoms with Gasteiger partial charge in [-0.25, -0.2) is 15.0 Å². The third-order valence-corrected chi connectivity index (χ3v) is 4.33. The summed E-state index contributed by atoms with van der Waals surface area (Å²) in [5.74, 6) is 0.523. The molecule has 0 aliphatic carbocycles. The average Bonchev–Trinajstić information content (AvgIpc) is 2.84. The van der Waals surface area contributed by atoms with Gasteiger partial charge in [0.05, 0.1) is 22.3 Å². The summed E-state index contributed by atoms with van der Waals surface area (Å²) in [6.45, 7) is 0. The maximum Gasteiger partial charge on any atom is 0.135 e. The summed E-state index contributed by atoms with van der Waals surface area (Å²) in [5.41, 5.74) is 6.92. The van der Waals surface area contributed by atoms with Crippen LogP contribution in [-0.2, 0) is 7.05 Å². The molecule has 7 heteroatoms. The van der Waals surface area contributed by atoms with E-state index in [0.717, 1.165) is 24.5 Å². The number of thiophene rings is 1. The lowest BCUT2D eigenvalue weighted by Crippen LogP contribution is -1.90. The molecule has 5 nitrogen and oxygen atoms in total. The van der Waals surface area contributed by atoms with Gasteiger partial charge in [-0.05, 0) is 28.7 Å². The monoisotopic (exact) mass is 357 g/mol. The highest BCUT2D eigenvalue weighted by Gasteiger charge is 2.14. The molecule has 2 N–H and O–H groups in total. The maximum atomic E-state index is 5.83. The van der Waals surface area contributed by atoms with E-state index in [-0.39, 0.29) is 0 Å². The molecular weight excluding hydrogens is 349 g/mol. The quantitative estimate of drug-likeness (QED) is 0.679. The Morgan fingerprint density at radius 2 is 2.18 bits per heavy atom. The summed E-state index contributed by atoms with van der Waals surface area (Å²) in [6, 6.07) is 2.02. The summed E-state index contributed by atoms with van der Waals surface area (Å²) < 4.78 is 2.97. The van der Waals surface area contributed by atoms with Crippen LogP contribution in [0, 0.1) is 3.70 Å². The summed E-state index contributed by atoms with van der Waals surface area (Å²) in [7, 11) is 1.98. The minimum Gasteiger partial charge on any atom is -0.383 e. The number of nitrogens with zero attached hydrogens (tertiary/aromatic N) is 4. The van der Waals surface area contributed by atoms with E-state index in [9.17, 15) is 0 Å². The first-order valence-electron chi connectivity index (χ1n) is 4.84. The van der Waals surface area contributed by atoms with Crippen molar-refractivity contribution in [2.75, 3.05) is 5.73 Å². The molecular formula is C10H8IN5S. The molecule has 0 fully saturated rings. The minimum absolute atomic E-state index is 0.523. The smallest absolute Gasteiger partial charge is 0.135 e. The number of aryl methyl sites for hydroxylation is 1. The minimum atomic E-state index is 0.523. The molecule has 0 aliphatic heterocycles. The number of aromatic nitrogens is 4. The summed E-state index contributed by atoms with van der Waals surface area (Å²) >= 11 is 3.83. The van der Waals surface area contributed by atoms with Crippen molar-refractivity contribution in [3.8, 4) is 10.6 Å². The van der Waals surface area contributed by atoms with Crippen molar-refractivity contribution in [3.05, 3.63) is 22.4 Å². The van der Waals surface area contributed by atoms with Gasteiger partial charge in [0.1, 0.15) is 20.7 Å². The number of imidazole rings is 1. The van der Waals surface area contributed by atoms with E-state index in [2.05, 4.69) is 37.5 Å². The van der Waals surface area contributed by atoms with Crippen LogP contribution in [0.2, 0.25) is 0 Å². The van der Waals surface area contributed by atoms with Crippen LogP contribution >= 0.6 is 33.9 Å². The zero-order chi connectivity index (χ0) is 12.0. The maximum absolute atomic E-state index is 5.83. The molecule has 17 heavy (non-hydrogen) atoms. The van der Waals surface area contributed by atoms with Gasteiger partial charge in [0, 0.05) is 7.05 Å². The van der Waals surface area contributed by atoms with Crippen LogP contribution in [-0.4, -0.2) is 19.5 Å². The molecule has 0 bridgehead atoms. The van der Waals surface area contributed by atoms with E-state index in [4.69, 9.17) is 5.73 Å². The lowest BCUT2D eigenvalue weighted by atomic mass is 10.3. The predicted octanol–water partition coefficient (Wildman–Crippen LogP) is 2.28. The van der Waals surface area contributed by atoms with Crippen molar-refractivity contribution < 1.29 is 0 Å². The van der Waals surface area contributed by atoms with Gasteiger partial charge in [-0.3, -0.25) is 0 Å². The number of hydrogen-bond donors (Lipinski definition) is 1. The van der Waals surface area contributed by atoms with Crippen molar-refractivity contribution >= 4 is 50.0 Å². The van der Waals surface area contributed by atoms with Crippen LogP contribution in [0.4, 0.5) is 5.82 Å². The third kappa shape index (κ3) is 1.69. The molecule has 3 aromatic rings. The lowest BCUT2D eigenvalue weighted by Gasteiger charge is -1.98. The molecule has 0 radical (unpaired) electrons. The Bertz CT molecular complexity index is 682. The first kappa shape index (κ1) is 10.9. The van der Waals surface area contributed by atoms with E-state index in [1.165, 1.54) is 6.33 Å². The molecule has 3 rings (SSSR count). The lowest BCUT2D eigenvalue weighted by molar-refractivity contribution is 0.923. The topological polar surface area (TPSA) is 69.6 Å². The Morgan fingerprint density at radius 3 is 2.82 bits per heavy atom. The van der Waals surface area contributed by atoms with Gasteiger partial charge in [0.25, 0.3) is 0 Å². The fourth-order valence-electron chi connectivity index (χ4n) is 1.67. The van der Waals surface area contributed by atoms with Crippen LogP contribution in [0.5, 0.6) is 0 Å². The molecule has 0 spiro atoms. The van der Waals surface area contributed by atoms with E-state index < -0.39 is 0 Å². The summed E-state index contributed by atoms with van der Waals surface area (Å²) in [4.78, 5) is 14.5. The Hall–Kier alpha value is -1.22. The van der Waals surface area contributed by atoms with Gasteiger partial charge in [0.15, 0.2) is 0 Å². The van der Waals surface area contributed by atoms with Crippen molar-refractivity contribution in [2.45, 2.75) is 0 Å². The van der Waals surface area contributed by atoms with Gasteiger partial charge in [0.2, 0.25) is 0 Å². The normalized spacial score (nSPS) is 11.2. The third-order valence-electron chi connectivity index (χ3n) is 2.49. The number of halogens is 1. The van der Waals surface area contributed by atoms with Gasteiger partial charge in [-0.1, -0.05) is 0 Å². The molecule has 3 aromatic heterocycles. The number of nitrogens with two attached hydrogens (primary N) is 1. The summed E-state index contributed by atoms with van der Waals surface area (Å²) in [5, 5.41) is 0.907. The zero-order valence-electron chi connectivity index (χ0n) is 8.88. The Balaban J connectivity index is 2.29. The molecule has 0 amide bonds. The molecule has 0 aromatic carbocycles. The highest BCUT2D eigenvalue weighted by Crippen LogP contribution is 2.35. The van der Waals surface area contributed by atoms with Crippen LogP contribution in [0.15, 0.2) is 18.7 Å². The van der Waals surface area contributed by atoms with Gasteiger partial charge < -0.3 is 10.3 Å². The van der Waals surface area contributed by atoms with Crippen molar-refractivity contribution in [2.24, 2.45) is 7.05 Å². The predicted molar refractivity (Wildman–Crippen MR) is 76.7 cm³/mol. The highest BCUT2D eigenvalue weighted by atomic mass is 127. The van der Waals surface area contributed by atoms with Crippen LogP contribution in [0.3, 0.4) is 0 Å². The first-order chi connectivity index (χ1) is 8.16. The standard InChI is InChI=1S/C10H8IN5S/c1-16-4-15-8(11)7(16)6-2-5-9(12)13-3-14-10(5)17-6/h2-4H,1H3,(H2,12,13,14). The van der Waals surface area contributed by atoms with Crippen LogP contribution in [0.1, 0.15) is 0 Å². The number of hydrogen-bond acceptors (Lipinski definition) is 5. The average molecular weight is 357 g/mol. The molecule has 0 unspecified atom stereocenters. The second-order valence-electron chi connectivity index (χ2n) is 3.58.